The number of urea groups is 1. The number of ether oxygens (including phenoxy) is 1. The van der Waals surface area contributed by atoms with Crippen LogP contribution in [-0.2, 0) is 4.79 Å². The summed E-state index contributed by atoms with van der Waals surface area (Å²) in [6.45, 7) is 7.94. The average molecular weight is 650 g/mol. The first-order chi connectivity index (χ1) is 21.9. The van der Waals surface area contributed by atoms with Crippen LogP contribution in [0.15, 0.2) is 83.2 Å². The number of halogens is 3. The van der Waals surface area contributed by atoms with Gasteiger partial charge in [0.1, 0.15) is 12.1 Å². The lowest BCUT2D eigenvalue weighted by Crippen LogP contribution is -2.32. The molecule has 1 fully saturated rings. The van der Waals surface area contributed by atoms with Crippen molar-refractivity contribution in [1.82, 2.24) is 20.2 Å². The zero-order valence-electron chi connectivity index (χ0n) is 25.4. The van der Waals surface area contributed by atoms with Crippen LogP contribution in [0.2, 0.25) is 0 Å². The van der Waals surface area contributed by atoms with Crippen LogP contribution in [0.3, 0.4) is 0 Å². The summed E-state index contributed by atoms with van der Waals surface area (Å²) in [7, 11) is 0. The number of anilines is 1. The van der Waals surface area contributed by atoms with Gasteiger partial charge in [-0.05, 0) is 66.3 Å². The predicted molar refractivity (Wildman–Crippen MR) is 171 cm³/mol. The number of rotatable bonds is 8. The molecule has 3 aromatic carbocycles. The Kier molecular flexibility index (Phi) is 9.56. The number of alkyl halides is 3. The van der Waals surface area contributed by atoms with Gasteiger partial charge in [0.15, 0.2) is 11.0 Å². The number of amidine groups is 1. The van der Waals surface area contributed by atoms with Crippen molar-refractivity contribution in [2.45, 2.75) is 46.4 Å². The highest BCUT2D eigenvalue weighted by atomic mass is 32.2. The molecule has 5 rings (SSSR count). The SMILES string of the molecule is CC/C(=N\NC(=O)/N=C1\SCC(=O)N1c1cc(C)ccc1C(C)C)c1ccc(-c2ncn(-c3ccc(OC(F)(F)F)cc3)n2)cc1. The van der Waals surface area contributed by atoms with Crippen molar-refractivity contribution in [3.8, 4) is 22.8 Å². The van der Waals surface area contributed by atoms with Gasteiger partial charge < -0.3 is 4.74 Å². The van der Waals surface area contributed by atoms with Crippen LogP contribution < -0.4 is 15.1 Å². The molecule has 3 amide bonds. The van der Waals surface area contributed by atoms with Crippen molar-refractivity contribution in [2.24, 2.45) is 10.1 Å². The fourth-order valence-corrected chi connectivity index (χ4v) is 5.58. The molecule has 0 bridgehead atoms. The molecule has 10 nitrogen and oxygen atoms in total. The maximum absolute atomic E-state index is 12.8. The number of benzene rings is 3. The summed E-state index contributed by atoms with van der Waals surface area (Å²) in [6.07, 6.45) is -2.80. The standard InChI is InChI=1S/C32H30F3N7O3S/c1-5-26(38-39-30(44)37-31-42(28(43)17-46-31)27-16-20(4)6-15-25(27)19(2)3)21-7-9-22(10-8-21)29-36-18-41(40-29)23-11-13-24(14-12-23)45-32(33,34)35/h6-16,18-19H,5,17H2,1-4H3,(H,39,44)/b37-31-,38-26+. The van der Waals surface area contributed by atoms with Gasteiger partial charge in [-0.3, -0.25) is 9.69 Å². The molecule has 0 saturated carbocycles. The molecule has 46 heavy (non-hydrogen) atoms. The fourth-order valence-electron chi connectivity index (χ4n) is 4.72. The number of carbonyl (C=O) groups excluding carboxylic acids is 2. The minimum absolute atomic E-state index is 0.144. The van der Waals surface area contributed by atoms with Gasteiger partial charge in [0.05, 0.1) is 22.8 Å². The van der Waals surface area contributed by atoms with Crippen molar-refractivity contribution in [3.05, 3.63) is 89.7 Å². The van der Waals surface area contributed by atoms with Gasteiger partial charge in [0, 0.05) is 5.56 Å². The predicted octanol–water partition coefficient (Wildman–Crippen LogP) is 7.22. The maximum Gasteiger partial charge on any atom is 0.573 e. The molecule has 1 aliphatic heterocycles. The lowest BCUT2D eigenvalue weighted by Gasteiger charge is -2.22. The summed E-state index contributed by atoms with van der Waals surface area (Å²) < 4.78 is 42.7. The van der Waals surface area contributed by atoms with E-state index in [2.05, 4.69) is 30.3 Å². The van der Waals surface area contributed by atoms with E-state index in [9.17, 15) is 22.8 Å². The average Bonchev–Trinajstić information content (AvgIpc) is 3.64. The molecule has 1 N–H and O–H groups in total. The number of aliphatic imine (C=N–C) groups is 1. The molecular formula is C32H30F3N7O3S. The zero-order valence-corrected chi connectivity index (χ0v) is 26.2. The second-order valence-electron chi connectivity index (χ2n) is 10.6. The normalized spacial score (nSPS) is 14.8. The first-order valence-corrected chi connectivity index (χ1v) is 15.3. The van der Waals surface area contributed by atoms with Gasteiger partial charge in [-0.25, -0.2) is 19.9 Å². The number of hydrogen-bond acceptors (Lipinski definition) is 7. The monoisotopic (exact) mass is 649 g/mol. The first kappa shape index (κ1) is 32.4. The maximum atomic E-state index is 12.8. The number of amides is 3. The van der Waals surface area contributed by atoms with Crippen LogP contribution in [0.5, 0.6) is 5.75 Å². The molecule has 1 aliphatic rings. The van der Waals surface area contributed by atoms with Crippen LogP contribution in [0, 0.1) is 6.92 Å². The third-order valence-corrected chi connectivity index (χ3v) is 7.86. The van der Waals surface area contributed by atoms with E-state index in [1.165, 1.54) is 51.9 Å². The zero-order chi connectivity index (χ0) is 33.0. The number of thioether (sulfide) groups is 1. The van der Waals surface area contributed by atoms with E-state index in [4.69, 9.17) is 0 Å². The van der Waals surface area contributed by atoms with Gasteiger partial charge in [-0.1, -0.05) is 68.9 Å². The van der Waals surface area contributed by atoms with E-state index >= 15 is 0 Å². The molecule has 4 aromatic rings. The van der Waals surface area contributed by atoms with E-state index in [1.807, 2.05) is 58.0 Å². The molecule has 0 atom stereocenters. The van der Waals surface area contributed by atoms with E-state index < -0.39 is 12.4 Å². The number of carbonyl (C=O) groups is 2. The van der Waals surface area contributed by atoms with E-state index in [1.54, 1.807) is 12.1 Å². The lowest BCUT2D eigenvalue weighted by atomic mass is 9.99. The quantitative estimate of drug-likeness (QED) is 0.159. The van der Waals surface area contributed by atoms with E-state index in [-0.39, 0.29) is 23.3 Å². The highest BCUT2D eigenvalue weighted by Crippen LogP contribution is 2.34. The summed E-state index contributed by atoms with van der Waals surface area (Å²) in [5, 5.41) is 9.01. The molecular weight excluding hydrogens is 619 g/mol. The highest BCUT2D eigenvalue weighted by molar-refractivity contribution is 8.15. The summed E-state index contributed by atoms with van der Waals surface area (Å²) in [5.74, 6) is 0.282. The molecule has 1 aromatic heterocycles. The molecule has 0 unspecified atom stereocenters. The van der Waals surface area contributed by atoms with Crippen LogP contribution in [0.1, 0.15) is 49.8 Å². The Morgan fingerprint density at radius 3 is 2.46 bits per heavy atom. The van der Waals surface area contributed by atoms with Crippen LogP contribution in [0.25, 0.3) is 17.1 Å². The largest absolute Gasteiger partial charge is 0.573 e. The topological polar surface area (TPSA) is 114 Å². The Bertz CT molecular complexity index is 1800. The Balaban J connectivity index is 1.27. The van der Waals surface area contributed by atoms with Gasteiger partial charge >= 0.3 is 12.4 Å². The van der Waals surface area contributed by atoms with Crippen molar-refractivity contribution in [3.63, 3.8) is 0 Å². The van der Waals surface area contributed by atoms with Crippen LogP contribution >= 0.6 is 11.8 Å². The van der Waals surface area contributed by atoms with Crippen molar-refractivity contribution >= 4 is 40.3 Å². The molecule has 238 valence electrons. The molecule has 14 heteroatoms. The summed E-state index contributed by atoms with van der Waals surface area (Å²) >= 11 is 1.20. The molecule has 0 spiro atoms. The second kappa shape index (κ2) is 13.6. The van der Waals surface area contributed by atoms with Gasteiger partial charge in [0.25, 0.3) is 0 Å². The van der Waals surface area contributed by atoms with Gasteiger partial charge in [-0.15, -0.1) is 18.3 Å². The summed E-state index contributed by atoms with van der Waals surface area (Å²) in [4.78, 5) is 35.6. The number of hydrazone groups is 1. The van der Waals surface area contributed by atoms with Crippen molar-refractivity contribution in [1.29, 1.82) is 0 Å². The minimum Gasteiger partial charge on any atom is -0.406 e. The third kappa shape index (κ3) is 7.62. The number of nitrogens with zero attached hydrogens (tertiary/aromatic N) is 6. The highest BCUT2D eigenvalue weighted by Gasteiger charge is 2.33. The molecule has 1 saturated heterocycles. The van der Waals surface area contributed by atoms with Crippen molar-refractivity contribution < 1.29 is 27.5 Å². The minimum atomic E-state index is -4.77. The summed E-state index contributed by atoms with van der Waals surface area (Å²) in [5.41, 5.74) is 7.76. The second-order valence-corrected chi connectivity index (χ2v) is 11.5. The number of nitrogens with one attached hydrogen (secondary N) is 1. The number of hydrogen-bond donors (Lipinski definition) is 1. The van der Waals surface area contributed by atoms with Crippen molar-refractivity contribution in [2.75, 3.05) is 10.7 Å². The Morgan fingerprint density at radius 2 is 1.80 bits per heavy atom. The smallest absolute Gasteiger partial charge is 0.406 e. The van der Waals surface area contributed by atoms with E-state index in [0.717, 1.165) is 22.4 Å². The molecule has 0 radical (unpaired) electrons. The van der Waals surface area contributed by atoms with Crippen LogP contribution in [-0.4, -0.2) is 49.7 Å². The molecule has 2 heterocycles. The fraction of sp³-hybridized carbons (Fsp3) is 0.250. The molecule has 0 aliphatic carbocycles. The number of aryl methyl sites for hydroxylation is 1. The summed E-state index contributed by atoms with van der Waals surface area (Å²) in [6, 6.07) is 17.7. The Hall–Kier alpha value is -4.98. The van der Waals surface area contributed by atoms with Crippen LogP contribution in [0.4, 0.5) is 23.7 Å². The number of aromatic nitrogens is 3. The lowest BCUT2D eigenvalue weighted by molar-refractivity contribution is -0.274. The van der Waals surface area contributed by atoms with Gasteiger partial charge in [-0.2, -0.15) is 10.1 Å². The third-order valence-electron chi connectivity index (χ3n) is 6.94. The van der Waals surface area contributed by atoms with Gasteiger partial charge in [0.2, 0.25) is 5.91 Å². The Morgan fingerprint density at radius 1 is 1.09 bits per heavy atom. The first-order valence-electron chi connectivity index (χ1n) is 14.3. The Labute approximate surface area is 267 Å². The van der Waals surface area contributed by atoms with E-state index in [0.29, 0.717) is 34.4 Å².